The lowest BCUT2D eigenvalue weighted by molar-refractivity contribution is 0.300. The molecule has 98 valence electrons. The molecule has 0 saturated carbocycles. The summed E-state index contributed by atoms with van der Waals surface area (Å²) < 4.78 is 5.44. The van der Waals surface area contributed by atoms with Crippen molar-refractivity contribution >= 4 is 23.1 Å². The molecule has 0 aromatic heterocycles. The largest absolute Gasteiger partial charge is 0.508 e. The summed E-state index contributed by atoms with van der Waals surface area (Å²) in [5, 5.41) is 12.5. The molecular formula is C15H15NO2S. The molecule has 2 aromatic rings. The first kappa shape index (κ1) is 13.4. The smallest absolute Gasteiger partial charge is 0.261 e. The highest BCUT2D eigenvalue weighted by atomic mass is 32.1. The van der Waals surface area contributed by atoms with Crippen LogP contribution in [0.2, 0.25) is 0 Å². The molecule has 0 atom stereocenters. The van der Waals surface area contributed by atoms with Crippen LogP contribution in [0.4, 0.5) is 5.69 Å². The van der Waals surface area contributed by atoms with Crippen molar-refractivity contribution in [3.8, 4) is 5.75 Å². The van der Waals surface area contributed by atoms with Crippen LogP contribution in [0.1, 0.15) is 11.1 Å². The minimum absolute atomic E-state index is 0.240. The van der Waals surface area contributed by atoms with Gasteiger partial charge in [0.2, 0.25) is 0 Å². The third-order valence-corrected chi connectivity index (χ3v) is 2.82. The first-order valence-electron chi connectivity index (χ1n) is 5.92. The number of hydrogen-bond acceptors (Lipinski definition) is 3. The lowest BCUT2D eigenvalue weighted by atomic mass is 10.2. The fourth-order valence-electron chi connectivity index (χ4n) is 1.53. The van der Waals surface area contributed by atoms with Gasteiger partial charge in [0.15, 0.2) is 0 Å². The Morgan fingerprint density at radius 2 is 1.74 bits per heavy atom. The standard InChI is InChI=1S/C15H15NO2S/c1-11-2-6-13(7-3-11)16-15(19)18-10-12-4-8-14(17)9-5-12/h2-9,17H,10H2,1H3,(H,16,19). The zero-order chi connectivity index (χ0) is 13.7. The van der Waals surface area contributed by atoms with E-state index in [0.29, 0.717) is 11.8 Å². The predicted molar refractivity (Wildman–Crippen MR) is 80.3 cm³/mol. The van der Waals surface area contributed by atoms with E-state index >= 15 is 0 Å². The van der Waals surface area contributed by atoms with Crippen molar-refractivity contribution in [1.29, 1.82) is 0 Å². The molecule has 2 aromatic carbocycles. The molecule has 0 radical (unpaired) electrons. The van der Waals surface area contributed by atoms with E-state index in [1.54, 1.807) is 24.3 Å². The Labute approximate surface area is 117 Å². The van der Waals surface area contributed by atoms with Crippen molar-refractivity contribution < 1.29 is 9.84 Å². The third kappa shape index (κ3) is 4.26. The Balaban J connectivity index is 1.84. The van der Waals surface area contributed by atoms with Crippen LogP contribution in [0.15, 0.2) is 48.5 Å². The van der Waals surface area contributed by atoms with Crippen LogP contribution in [0, 0.1) is 6.92 Å². The van der Waals surface area contributed by atoms with Crippen LogP contribution in [-0.2, 0) is 11.3 Å². The SMILES string of the molecule is Cc1ccc(NC(=S)OCc2ccc(O)cc2)cc1. The molecule has 0 aliphatic rings. The molecule has 2 N–H and O–H groups in total. The molecule has 3 nitrogen and oxygen atoms in total. The van der Waals surface area contributed by atoms with E-state index in [4.69, 9.17) is 17.0 Å². The summed E-state index contributed by atoms with van der Waals surface area (Å²) in [6, 6.07) is 14.7. The molecule has 0 heterocycles. The van der Waals surface area contributed by atoms with Gasteiger partial charge in [-0.05, 0) is 49.0 Å². The van der Waals surface area contributed by atoms with E-state index < -0.39 is 0 Å². The maximum absolute atomic E-state index is 9.17. The molecule has 19 heavy (non-hydrogen) atoms. The van der Waals surface area contributed by atoms with Gasteiger partial charge in [-0.25, -0.2) is 0 Å². The summed E-state index contributed by atoms with van der Waals surface area (Å²) in [6.07, 6.45) is 0. The molecule has 2 rings (SSSR count). The van der Waals surface area contributed by atoms with Gasteiger partial charge in [-0.3, -0.25) is 0 Å². The minimum Gasteiger partial charge on any atom is -0.508 e. The summed E-state index contributed by atoms with van der Waals surface area (Å²) in [5.41, 5.74) is 3.05. The lowest BCUT2D eigenvalue weighted by Gasteiger charge is -2.10. The number of rotatable bonds is 3. The Morgan fingerprint density at radius 3 is 2.37 bits per heavy atom. The van der Waals surface area contributed by atoms with Gasteiger partial charge in [-0.1, -0.05) is 29.8 Å². The van der Waals surface area contributed by atoms with E-state index in [2.05, 4.69) is 5.32 Å². The molecule has 0 spiro atoms. The van der Waals surface area contributed by atoms with Crippen molar-refractivity contribution in [3.63, 3.8) is 0 Å². The van der Waals surface area contributed by atoms with Crippen LogP contribution < -0.4 is 5.32 Å². The fourth-order valence-corrected chi connectivity index (χ4v) is 1.71. The average molecular weight is 273 g/mol. The second-order valence-corrected chi connectivity index (χ2v) is 4.60. The van der Waals surface area contributed by atoms with Gasteiger partial charge in [0, 0.05) is 5.69 Å². The van der Waals surface area contributed by atoms with Crippen molar-refractivity contribution in [2.45, 2.75) is 13.5 Å². The first-order valence-corrected chi connectivity index (χ1v) is 6.33. The second kappa shape index (κ2) is 6.20. The number of nitrogens with one attached hydrogen (secondary N) is 1. The summed E-state index contributed by atoms with van der Waals surface area (Å²) >= 11 is 5.11. The molecule has 0 aliphatic heterocycles. The van der Waals surface area contributed by atoms with E-state index in [9.17, 15) is 5.11 Å². The number of ether oxygens (including phenoxy) is 1. The number of aromatic hydroxyl groups is 1. The Hall–Kier alpha value is -2.07. The quantitative estimate of drug-likeness (QED) is 0.838. The molecule has 0 amide bonds. The van der Waals surface area contributed by atoms with E-state index in [0.717, 1.165) is 11.3 Å². The maximum atomic E-state index is 9.17. The highest BCUT2D eigenvalue weighted by Gasteiger charge is 2.00. The zero-order valence-electron chi connectivity index (χ0n) is 10.6. The fraction of sp³-hybridized carbons (Fsp3) is 0.133. The van der Waals surface area contributed by atoms with Crippen molar-refractivity contribution in [3.05, 3.63) is 59.7 Å². The Kier molecular flexibility index (Phi) is 4.36. The molecule has 0 saturated heterocycles. The minimum atomic E-state index is 0.240. The number of hydrogen-bond donors (Lipinski definition) is 2. The topological polar surface area (TPSA) is 41.5 Å². The number of aryl methyl sites for hydroxylation is 1. The van der Waals surface area contributed by atoms with Gasteiger partial charge in [0.25, 0.3) is 5.17 Å². The zero-order valence-corrected chi connectivity index (χ0v) is 11.4. The number of phenolic OH excluding ortho intramolecular Hbond substituents is 1. The normalized spacial score (nSPS) is 9.95. The van der Waals surface area contributed by atoms with Crippen LogP contribution in [0.3, 0.4) is 0 Å². The number of thiocarbonyl (C=S) groups is 1. The van der Waals surface area contributed by atoms with E-state index in [1.807, 2.05) is 31.2 Å². The van der Waals surface area contributed by atoms with E-state index in [-0.39, 0.29) is 5.75 Å². The maximum Gasteiger partial charge on any atom is 0.261 e. The second-order valence-electron chi connectivity index (χ2n) is 4.23. The summed E-state index contributed by atoms with van der Waals surface area (Å²) in [4.78, 5) is 0. The summed E-state index contributed by atoms with van der Waals surface area (Å²) in [6.45, 7) is 2.40. The van der Waals surface area contributed by atoms with Crippen molar-refractivity contribution in [2.24, 2.45) is 0 Å². The monoisotopic (exact) mass is 273 g/mol. The lowest BCUT2D eigenvalue weighted by Crippen LogP contribution is -2.13. The number of anilines is 1. The van der Waals surface area contributed by atoms with Gasteiger partial charge >= 0.3 is 0 Å². The van der Waals surface area contributed by atoms with Gasteiger partial charge in [0.05, 0.1) is 0 Å². The van der Waals surface area contributed by atoms with Gasteiger partial charge in [-0.2, -0.15) is 0 Å². The number of benzene rings is 2. The summed E-state index contributed by atoms with van der Waals surface area (Å²) in [7, 11) is 0. The highest BCUT2D eigenvalue weighted by Crippen LogP contribution is 2.12. The van der Waals surface area contributed by atoms with Gasteiger partial charge in [-0.15, -0.1) is 0 Å². The van der Waals surface area contributed by atoms with Crippen LogP contribution in [-0.4, -0.2) is 10.3 Å². The van der Waals surface area contributed by atoms with Gasteiger partial charge < -0.3 is 15.2 Å². The van der Waals surface area contributed by atoms with Crippen LogP contribution >= 0.6 is 12.2 Å². The first-order chi connectivity index (χ1) is 9.13. The molecule has 0 fully saturated rings. The van der Waals surface area contributed by atoms with Gasteiger partial charge in [0.1, 0.15) is 12.4 Å². The molecule has 0 unspecified atom stereocenters. The third-order valence-electron chi connectivity index (χ3n) is 2.60. The Morgan fingerprint density at radius 1 is 1.11 bits per heavy atom. The Bertz CT molecular complexity index is 549. The molecule has 0 aliphatic carbocycles. The highest BCUT2D eigenvalue weighted by molar-refractivity contribution is 7.80. The molecule has 0 bridgehead atoms. The van der Waals surface area contributed by atoms with E-state index in [1.165, 1.54) is 5.56 Å². The molecule has 4 heteroatoms. The summed E-state index contributed by atoms with van der Waals surface area (Å²) in [5.74, 6) is 0.240. The van der Waals surface area contributed by atoms with Crippen LogP contribution in [0.5, 0.6) is 5.75 Å². The van der Waals surface area contributed by atoms with Crippen molar-refractivity contribution in [1.82, 2.24) is 0 Å². The average Bonchev–Trinajstić information content (AvgIpc) is 2.41. The van der Waals surface area contributed by atoms with Crippen molar-refractivity contribution in [2.75, 3.05) is 5.32 Å². The van der Waals surface area contributed by atoms with Crippen LogP contribution in [0.25, 0.3) is 0 Å². The predicted octanol–water partition coefficient (Wildman–Crippen LogP) is 3.61. The molecular weight excluding hydrogens is 258 g/mol. The number of phenols is 1.